The average Bonchev–Trinajstić information content (AvgIpc) is 2.28. The van der Waals surface area contributed by atoms with E-state index >= 15 is 0 Å². The van der Waals surface area contributed by atoms with Gasteiger partial charge in [-0.2, -0.15) is 0 Å². The molecular weight excluding hydrogens is 236 g/mol. The molecule has 0 saturated carbocycles. The summed E-state index contributed by atoms with van der Waals surface area (Å²) >= 11 is 0. The number of ether oxygens (including phenoxy) is 1. The Morgan fingerprint density at radius 3 is 2.61 bits per heavy atom. The number of carbonyl (C=O) groups is 2. The van der Waals surface area contributed by atoms with E-state index in [1.807, 2.05) is 5.32 Å². The minimum atomic E-state index is -0.923. The van der Waals surface area contributed by atoms with E-state index in [2.05, 4.69) is 0 Å². The van der Waals surface area contributed by atoms with E-state index in [-0.39, 0.29) is 0 Å². The van der Waals surface area contributed by atoms with Gasteiger partial charge >= 0.3 is 6.03 Å². The van der Waals surface area contributed by atoms with E-state index in [1.54, 1.807) is 31.2 Å². The monoisotopic (exact) mass is 252 g/mol. The van der Waals surface area contributed by atoms with E-state index in [4.69, 9.17) is 10.5 Å². The lowest BCUT2D eigenvalue weighted by Crippen LogP contribution is -2.42. The van der Waals surface area contributed by atoms with Crippen LogP contribution in [0.15, 0.2) is 24.3 Å². The summed E-state index contributed by atoms with van der Waals surface area (Å²) in [6.45, 7) is 3.12. The number of nitrogens with one attached hydrogen (secondary N) is 1. The molecular formula is C12H16N2O4. The summed E-state index contributed by atoms with van der Waals surface area (Å²) in [5.41, 5.74) is 5.50. The van der Waals surface area contributed by atoms with Crippen molar-refractivity contribution in [3.05, 3.63) is 29.8 Å². The molecule has 6 nitrogen and oxygen atoms in total. The normalized spacial score (nSPS) is 13.5. The molecule has 0 bridgehead atoms. The molecule has 1 aromatic carbocycles. The number of aliphatic hydroxyl groups excluding tert-OH is 1. The summed E-state index contributed by atoms with van der Waals surface area (Å²) in [4.78, 5) is 21.9. The fourth-order valence-electron chi connectivity index (χ4n) is 1.33. The first-order valence-electron chi connectivity index (χ1n) is 5.45. The number of amides is 3. The number of imide groups is 1. The lowest BCUT2D eigenvalue weighted by Gasteiger charge is -2.14. The van der Waals surface area contributed by atoms with Crippen molar-refractivity contribution in [1.29, 1.82) is 0 Å². The van der Waals surface area contributed by atoms with Crippen LogP contribution in [0.3, 0.4) is 0 Å². The van der Waals surface area contributed by atoms with Crippen LogP contribution in [-0.4, -0.2) is 23.1 Å². The van der Waals surface area contributed by atoms with Crippen molar-refractivity contribution in [1.82, 2.24) is 5.32 Å². The Morgan fingerprint density at radius 2 is 2.06 bits per heavy atom. The van der Waals surface area contributed by atoms with Gasteiger partial charge in [-0.25, -0.2) is 4.79 Å². The lowest BCUT2D eigenvalue weighted by molar-refractivity contribution is -0.126. The first-order valence-corrected chi connectivity index (χ1v) is 5.45. The van der Waals surface area contributed by atoms with Crippen LogP contribution in [0.4, 0.5) is 4.79 Å². The van der Waals surface area contributed by atoms with Crippen molar-refractivity contribution in [3.8, 4) is 5.75 Å². The van der Waals surface area contributed by atoms with Crippen molar-refractivity contribution in [2.75, 3.05) is 0 Å². The van der Waals surface area contributed by atoms with E-state index < -0.39 is 24.1 Å². The van der Waals surface area contributed by atoms with Crippen molar-refractivity contribution < 1.29 is 19.4 Å². The van der Waals surface area contributed by atoms with Gasteiger partial charge in [0.2, 0.25) is 0 Å². The molecule has 0 saturated heterocycles. The highest BCUT2D eigenvalue weighted by Crippen LogP contribution is 2.19. The number of hydrogen-bond acceptors (Lipinski definition) is 4. The van der Waals surface area contributed by atoms with E-state index in [0.717, 1.165) is 0 Å². The summed E-state index contributed by atoms with van der Waals surface area (Å²) in [7, 11) is 0. The summed E-state index contributed by atoms with van der Waals surface area (Å²) in [5, 5.41) is 11.3. The molecule has 6 heteroatoms. The molecule has 0 spiro atoms. The number of aliphatic hydroxyl groups is 1. The van der Waals surface area contributed by atoms with Crippen LogP contribution >= 0.6 is 0 Å². The summed E-state index contributed by atoms with van der Waals surface area (Å²) < 4.78 is 5.34. The van der Waals surface area contributed by atoms with Crippen LogP contribution in [0.1, 0.15) is 25.5 Å². The maximum absolute atomic E-state index is 11.4. The number of urea groups is 1. The van der Waals surface area contributed by atoms with Gasteiger partial charge in [0.15, 0.2) is 6.10 Å². The minimum Gasteiger partial charge on any atom is -0.481 e. The topological polar surface area (TPSA) is 102 Å². The van der Waals surface area contributed by atoms with Gasteiger partial charge in [0.25, 0.3) is 5.91 Å². The lowest BCUT2D eigenvalue weighted by atomic mass is 10.1. The zero-order chi connectivity index (χ0) is 13.7. The largest absolute Gasteiger partial charge is 0.481 e. The first kappa shape index (κ1) is 14.0. The zero-order valence-electron chi connectivity index (χ0n) is 10.2. The van der Waals surface area contributed by atoms with Gasteiger partial charge in [0.05, 0.1) is 6.10 Å². The standard InChI is InChI=1S/C12H16N2O4/c1-7(15)9-4-3-5-10(6-9)18-8(2)11(16)14-12(13)17/h3-8,15H,1-2H3,(H3,13,14,16,17)/t7-,8?/m0/s1. The Kier molecular flexibility index (Phi) is 4.67. The summed E-state index contributed by atoms with van der Waals surface area (Å²) in [5.74, 6) is -0.189. The van der Waals surface area contributed by atoms with E-state index in [9.17, 15) is 14.7 Å². The Morgan fingerprint density at radius 1 is 1.39 bits per heavy atom. The molecule has 0 aliphatic rings. The summed E-state index contributed by atoms with van der Waals surface area (Å²) in [6.07, 6.45) is -1.48. The fraction of sp³-hybridized carbons (Fsp3) is 0.333. The van der Waals surface area contributed by atoms with Crippen molar-refractivity contribution in [2.24, 2.45) is 5.73 Å². The molecule has 1 rings (SSSR count). The van der Waals surface area contributed by atoms with Crippen LogP contribution in [-0.2, 0) is 4.79 Å². The second kappa shape index (κ2) is 6.02. The van der Waals surface area contributed by atoms with Crippen molar-refractivity contribution in [2.45, 2.75) is 26.1 Å². The zero-order valence-corrected chi connectivity index (χ0v) is 10.2. The molecule has 0 aliphatic carbocycles. The fourth-order valence-corrected chi connectivity index (χ4v) is 1.33. The highest BCUT2D eigenvalue weighted by molar-refractivity contribution is 5.95. The maximum Gasteiger partial charge on any atom is 0.318 e. The SMILES string of the molecule is CC(Oc1cccc([C@H](C)O)c1)C(=O)NC(N)=O. The Hall–Kier alpha value is -2.08. The Balaban J connectivity index is 2.69. The van der Waals surface area contributed by atoms with Gasteiger partial charge in [0.1, 0.15) is 5.75 Å². The summed E-state index contributed by atoms with van der Waals surface area (Å²) in [6, 6.07) is 5.80. The second-order valence-corrected chi connectivity index (χ2v) is 3.86. The molecule has 2 atom stereocenters. The van der Waals surface area contributed by atoms with Crippen LogP contribution < -0.4 is 15.8 Å². The highest BCUT2D eigenvalue weighted by atomic mass is 16.5. The van der Waals surface area contributed by atoms with Crippen LogP contribution in [0.2, 0.25) is 0 Å². The van der Waals surface area contributed by atoms with E-state index in [0.29, 0.717) is 11.3 Å². The molecule has 4 N–H and O–H groups in total. The first-order chi connectivity index (χ1) is 8.40. The number of benzene rings is 1. The maximum atomic E-state index is 11.4. The molecule has 98 valence electrons. The minimum absolute atomic E-state index is 0.431. The molecule has 0 aliphatic heterocycles. The van der Waals surface area contributed by atoms with Crippen LogP contribution in [0.25, 0.3) is 0 Å². The molecule has 3 amide bonds. The van der Waals surface area contributed by atoms with Crippen molar-refractivity contribution in [3.63, 3.8) is 0 Å². The molecule has 18 heavy (non-hydrogen) atoms. The molecule has 0 fully saturated rings. The number of carbonyl (C=O) groups excluding carboxylic acids is 2. The molecule has 1 aromatic rings. The quantitative estimate of drug-likeness (QED) is 0.734. The van der Waals surface area contributed by atoms with Gasteiger partial charge in [-0.3, -0.25) is 10.1 Å². The van der Waals surface area contributed by atoms with Gasteiger partial charge in [-0.15, -0.1) is 0 Å². The number of rotatable bonds is 4. The Labute approximate surface area is 105 Å². The average molecular weight is 252 g/mol. The Bertz CT molecular complexity index is 445. The number of primary amides is 1. The van der Waals surface area contributed by atoms with Gasteiger partial charge in [-0.05, 0) is 31.5 Å². The van der Waals surface area contributed by atoms with Gasteiger partial charge < -0.3 is 15.6 Å². The third-order valence-corrected chi connectivity index (χ3v) is 2.27. The predicted octanol–water partition coefficient (Wildman–Crippen LogP) is 0.702. The number of hydrogen-bond donors (Lipinski definition) is 3. The smallest absolute Gasteiger partial charge is 0.318 e. The second-order valence-electron chi connectivity index (χ2n) is 3.86. The van der Waals surface area contributed by atoms with Crippen LogP contribution in [0.5, 0.6) is 5.75 Å². The third-order valence-electron chi connectivity index (χ3n) is 2.27. The predicted molar refractivity (Wildman–Crippen MR) is 64.9 cm³/mol. The van der Waals surface area contributed by atoms with E-state index in [1.165, 1.54) is 6.92 Å². The van der Waals surface area contributed by atoms with Gasteiger partial charge in [0, 0.05) is 0 Å². The third kappa shape index (κ3) is 4.06. The highest BCUT2D eigenvalue weighted by Gasteiger charge is 2.16. The molecule has 0 heterocycles. The molecule has 1 unspecified atom stereocenters. The molecule has 0 aromatic heterocycles. The number of nitrogens with two attached hydrogens (primary N) is 1. The van der Waals surface area contributed by atoms with Gasteiger partial charge in [-0.1, -0.05) is 12.1 Å². The molecule has 0 radical (unpaired) electrons. The van der Waals surface area contributed by atoms with Crippen molar-refractivity contribution >= 4 is 11.9 Å². The van der Waals surface area contributed by atoms with Crippen LogP contribution in [0, 0.1) is 0 Å².